The average Bonchev–Trinajstić information content (AvgIpc) is 3.04. The molecule has 1 aromatic heterocycles. The predicted molar refractivity (Wildman–Crippen MR) is 97.3 cm³/mol. The van der Waals surface area contributed by atoms with Crippen LogP contribution in [0, 0.1) is 0 Å². The Bertz CT molecular complexity index is 968. The summed E-state index contributed by atoms with van der Waals surface area (Å²) in [5.74, 6) is -4.49. The van der Waals surface area contributed by atoms with Crippen LogP contribution in [0.1, 0.15) is 16.1 Å². The van der Waals surface area contributed by atoms with Gasteiger partial charge >= 0.3 is 6.18 Å². The first-order chi connectivity index (χ1) is 14.6. The number of ether oxygens (including phenoxy) is 2. The Morgan fingerprint density at radius 3 is 2.58 bits per heavy atom. The van der Waals surface area contributed by atoms with Crippen LogP contribution in [0.25, 0.3) is 11.0 Å². The van der Waals surface area contributed by atoms with Crippen LogP contribution >= 0.6 is 0 Å². The molecule has 2 N–H and O–H groups in total. The number of rotatable bonds is 4. The Balaban J connectivity index is 1.69. The molecule has 1 saturated heterocycles. The number of fused-ring (bicyclic) bond motifs is 3. The first-order valence-electron chi connectivity index (χ1n) is 9.49. The van der Waals surface area contributed by atoms with Crippen LogP contribution in [0.3, 0.4) is 0 Å². The van der Waals surface area contributed by atoms with E-state index in [-0.39, 0.29) is 48.7 Å². The summed E-state index contributed by atoms with van der Waals surface area (Å²) >= 11 is 0. The Morgan fingerprint density at radius 2 is 1.94 bits per heavy atom. The van der Waals surface area contributed by atoms with E-state index < -0.39 is 48.9 Å². The van der Waals surface area contributed by atoms with Gasteiger partial charge in [-0.1, -0.05) is 0 Å². The summed E-state index contributed by atoms with van der Waals surface area (Å²) in [5, 5.41) is 11.4. The molecular formula is C19H19F5N2O5. The van der Waals surface area contributed by atoms with E-state index in [1.807, 2.05) is 0 Å². The minimum Gasteiger partial charge on any atom is -0.449 e. The monoisotopic (exact) mass is 450 g/mol. The van der Waals surface area contributed by atoms with Gasteiger partial charge in [-0.15, -0.1) is 0 Å². The largest absolute Gasteiger partial charge is 0.449 e. The predicted octanol–water partition coefficient (Wildman–Crippen LogP) is 2.41. The van der Waals surface area contributed by atoms with E-state index in [1.165, 1.54) is 0 Å². The van der Waals surface area contributed by atoms with E-state index in [0.717, 1.165) is 23.1 Å². The molecule has 1 amide bonds. The summed E-state index contributed by atoms with van der Waals surface area (Å²) in [4.78, 5) is 13.5. The van der Waals surface area contributed by atoms with Gasteiger partial charge in [-0.3, -0.25) is 4.79 Å². The molecule has 170 valence electrons. The van der Waals surface area contributed by atoms with Crippen molar-refractivity contribution in [3.05, 3.63) is 29.5 Å². The van der Waals surface area contributed by atoms with Crippen molar-refractivity contribution in [1.82, 2.24) is 5.32 Å². The van der Waals surface area contributed by atoms with Crippen molar-refractivity contribution >= 4 is 22.6 Å². The first-order valence-corrected chi connectivity index (χ1v) is 9.49. The first kappa shape index (κ1) is 21.8. The molecule has 12 heteroatoms. The normalized spacial score (nSPS) is 22.9. The highest BCUT2D eigenvalue weighted by atomic mass is 19.4. The second kappa shape index (κ2) is 7.92. The van der Waals surface area contributed by atoms with Crippen molar-refractivity contribution in [2.45, 2.75) is 24.3 Å². The number of furan rings is 1. The van der Waals surface area contributed by atoms with Crippen LogP contribution in [0.5, 0.6) is 0 Å². The molecule has 7 nitrogen and oxygen atoms in total. The number of nitrogens with one attached hydrogen (secondary N) is 1. The Kier molecular flexibility index (Phi) is 5.56. The highest BCUT2D eigenvalue weighted by Gasteiger charge is 2.46. The molecule has 0 radical (unpaired) electrons. The lowest BCUT2D eigenvalue weighted by molar-refractivity contribution is -0.216. The molecule has 2 aliphatic heterocycles. The molecule has 31 heavy (non-hydrogen) atoms. The van der Waals surface area contributed by atoms with Crippen LogP contribution in [0.2, 0.25) is 0 Å². The molecule has 0 unspecified atom stereocenters. The van der Waals surface area contributed by atoms with Gasteiger partial charge in [0.2, 0.25) is 5.76 Å². The smallest absolute Gasteiger partial charge is 0.416 e. The molecule has 0 saturated carbocycles. The minimum atomic E-state index is -4.66. The number of anilines is 1. The zero-order valence-electron chi connectivity index (χ0n) is 16.0. The maximum atomic E-state index is 15.0. The van der Waals surface area contributed by atoms with E-state index in [9.17, 15) is 26.7 Å². The van der Waals surface area contributed by atoms with Crippen molar-refractivity contribution in [1.29, 1.82) is 0 Å². The molecule has 0 aliphatic carbocycles. The topological polar surface area (TPSA) is 84.2 Å². The number of carbonyl (C=O) groups is 1. The minimum absolute atomic E-state index is 0.00578. The van der Waals surface area contributed by atoms with Gasteiger partial charge in [0.05, 0.1) is 37.6 Å². The lowest BCUT2D eigenvalue weighted by atomic mass is 10.1. The Morgan fingerprint density at radius 1 is 1.16 bits per heavy atom. The summed E-state index contributed by atoms with van der Waals surface area (Å²) in [7, 11) is 0. The molecule has 2 atom stereocenters. The molecule has 1 aromatic carbocycles. The fourth-order valence-electron chi connectivity index (χ4n) is 3.63. The van der Waals surface area contributed by atoms with E-state index in [0.29, 0.717) is 0 Å². The maximum Gasteiger partial charge on any atom is 0.416 e. The quantitative estimate of drug-likeness (QED) is 0.697. The molecule has 2 aromatic rings. The summed E-state index contributed by atoms with van der Waals surface area (Å²) in [6, 6.07) is 2.64. The number of hydrogen-bond donors (Lipinski definition) is 2. The number of aliphatic hydroxyl groups excluding tert-OH is 1. The van der Waals surface area contributed by atoms with Crippen LogP contribution < -0.4 is 10.2 Å². The van der Waals surface area contributed by atoms with Gasteiger partial charge in [-0.05, 0) is 18.2 Å². The molecule has 0 spiro atoms. The fraction of sp³-hybridized carbons (Fsp3) is 0.526. The second-order valence-corrected chi connectivity index (χ2v) is 7.39. The number of hydrogen-bond acceptors (Lipinski definition) is 6. The summed E-state index contributed by atoms with van der Waals surface area (Å²) in [5.41, 5.74) is -1.13. The highest BCUT2D eigenvalue weighted by Crippen LogP contribution is 2.40. The standard InChI is InChI=1S/C19H19F5N2O5/c20-18(21,14-8-29-11(6-27)7-30-14)9-26-4-3-25-17(28)16-15(26)12-5-10(19(22,23)24)1-2-13(12)31-16/h1-2,5,11,14,27H,3-4,6-9H2,(H,25,28)/t11-,14-/m0/s1. The number of amides is 1. The molecule has 2 aliphatic rings. The summed E-state index contributed by atoms with van der Waals surface area (Å²) in [6.07, 6.45) is -6.97. The third-order valence-electron chi connectivity index (χ3n) is 5.22. The van der Waals surface area contributed by atoms with Crippen molar-refractivity contribution < 1.29 is 45.7 Å². The SMILES string of the molecule is O=C1NCCN(CC(F)(F)[C@@H]2CO[C@@H](CO)CO2)c2c1oc1ccc(C(F)(F)F)cc21. The van der Waals surface area contributed by atoms with Crippen molar-refractivity contribution in [2.75, 3.05) is 44.4 Å². The molecule has 4 rings (SSSR count). The fourth-order valence-corrected chi connectivity index (χ4v) is 3.63. The van der Waals surface area contributed by atoms with Crippen LogP contribution in [0.15, 0.2) is 22.6 Å². The van der Waals surface area contributed by atoms with Gasteiger partial charge in [0, 0.05) is 18.5 Å². The van der Waals surface area contributed by atoms with Gasteiger partial charge in [0.25, 0.3) is 11.8 Å². The van der Waals surface area contributed by atoms with E-state index in [4.69, 9.17) is 19.0 Å². The summed E-state index contributed by atoms with van der Waals surface area (Å²) < 4.78 is 85.3. The number of alkyl halides is 5. The van der Waals surface area contributed by atoms with Crippen LogP contribution in [-0.4, -0.2) is 68.6 Å². The third kappa shape index (κ3) is 4.19. The summed E-state index contributed by atoms with van der Waals surface area (Å²) in [6.45, 7) is -2.06. The van der Waals surface area contributed by atoms with E-state index >= 15 is 0 Å². The van der Waals surface area contributed by atoms with Crippen molar-refractivity contribution in [3.8, 4) is 0 Å². The van der Waals surface area contributed by atoms with E-state index in [1.54, 1.807) is 0 Å². The molecule has 1 fully saturated rings. The molecular weight excluding hydrogens is 431 g/mol. The molecule has 0 bridgehead atoms. The lowest BCUT2D eigenvalue weighted by Crippen LogP contribution is -2.52. The number of aliphatic hydroxyl groups is 1. The van der Waals surface area contributed by atoms with Gasteiger partial charge in [-0.2, -0.15) is 13.2 Å². The zero-order chi connectivity index (χ0) is 22.4. The van der Waals surface area contributed by atoms with Gasteiger partial charge in [0.1, 0.15) is 17.8 Å². The average molecular weight is 450 g/mol. The van der Waals surface area contributed by atoms with Crippen molar-refractivity contribution in [2.24, 2.45) is 0 Å². The lowest BCUT2D eigenvalue weighted by Gasteiger charge is -2.36. The van der Waals surface area contributed by atoms with Crippen LogP contribution in [0.4, 0.5) is 27.6 Å². The number of carbonyl (C=O) groups excluding carboxylic acids is 1. The Hall–Kier alpha value is -2.44. The zero-order valence-corrected chi connectivity index (χ0v) is 16.0. The maximum absolute atomic E-state index is 15.0. The second-order valence-electron chi connectivity index (χ2n) is 7.39. The third-order valence-corrected chi connectivity index (χ3v) is 5.22. The van der Waals surface area contributed by atoms with Gasteiger partial charge in [-0.25, -0.2) is 8.78 Å². The number of benzene rings is 1. The number of halogens is 5. The van der Waals surface area contributed by atoms with Crippen molar-refractivity contribution in [3.63, 3.8) is 0 Å². The molecule has 3 heterocycles. The number of nitrogens with zero attached hydrogens (tertiary/aromatic N) is 1. The van der Waals surface area contributed by atoms with E-state index in [2.05, 4.69) is 5.32 Å². The Labute approximate surface area is 172 Å². The van der Waals surface area contributed by atoms with Gasteiger partial charge in [0.15, 0.2) is 0 Å². The van der Waals surface area contributed by atoms with Gasteiger partial charge < -0.3 is 29.2 Å². The highest BCUT2D eigenvalue weighted by molar-refractivity contribution is 6.07. The van der Waals surface area contributed by atoms with Crippen LogP contribution in [-0.2, 0) is 15.7 Å².